The Kier molecular flexibility index (Phi) is 6.99. The molecule has 0 saturated heterocycles. The number of carbonyl (C=O) groups excluding carboxylic acids is 1. The number of anilines is 1. The second kappa shape index (κ2) is 9.45. The molecule has 0 bridgehead atoms. The van der Waals surface area contributed by atoms with Crippen LogP contribution in [0.25, 0.3) is 0 Å². The second-order valence-corrected chi connectivity index (χ2v) is 9.14. The first-order valence-electron chi connectivity index (χ1n) is 10.2. The quantitative estimate of drug-likeness (QED) is 0.535. The molecule has 1 heterocycles. The molecular formula is C21H31N5OS. The average Bonchev–Trinajstić information content (AvgIpc) is 3.03. The number of aromatic nitrogens is 3. The molecule has 7 heteroatoms. The summed E-state index contributed by atoms with van der Waals surface area (Å²) in [7, 11) is 0. The maximum absolute atomic E-state index is 12.6. The van der Waals surface area contributed by atoms with Gasteiger partial charge in [0.15, 0.2) is 5.82 Å². The normalized spacial score (nSPS) is 16.1. The van der Waals surface area contributed by atoms with Gasteiger partial charge in [0, 0.05) is 12.1 Å². The number of hydrogen-bond acceptors (Lipinski definition) is 5. The fourth-order valence-electron chi connectivity index (χ4n) is 3.82. The van der Waals surface area contributed by atoms with E-state index in [1.165, 1.54) is 43.9 Å². The van der Waals surface area contributed by atoms with Gasteiger partial charge in [-0.25, -0.2) is 4.68 Å². The minimum atomic E-state index is -0.322. The number of amides is 1. The summed E-state index contributed by atoms with van der Waals surface area (Å²) in [4.78, 5) is 12.6. The molecule has 0 radical (unpaired) electrons. The summed E-state index contributed by atoms with van der Waals surface area (Å²) in [6, 6.07) is 5.98. The summed E-state index contributed by atoms with van der Waals surface area (Å²) in [6.07, 6.45) is 8.64. The molecule has 1 aromatic carbocycles. The van der Waals surface area contributed by atoms with Crippen molar-refractivity contribution in [3.05, 3.63) is 35.2 Å². The highest BCUT2D eigenvalue weighted by Gasteiger charge is 2.21. The zero-order chi connectivity index (χ0) is 20.1. The number of nitrogens with zero attached hydrogens (tertiary/aromatic N) is 3. The molecule has 28 heavy (non-hydrogen) atoms. The van der Waals surface area contributed by atoms with Crippen molar-refractivity contribution in [3.63, 3.8) is 0 Å². The minimum Gasteiger partial charge on any atom is -0.336 e. The van der Waals surface area contributed by atoms with Gasteiger partial charge in [0.1, 0.15) is 0 Å². The van der Waals surface area contributed by atoms with Gasteiger partial charge in [0.05, 0.1) is 5.25 Å². The van der Waals surface area contributed by atoms with Crippen molar-refractivity contribution in [1.29, 1.82) is 0 Å². The second-order valence-electron chi connectivity index (χ2n) is 7.83. The summed E-state index contributed by atoms with van der Waals surface area (Å²) in [5, 5.41) is 11.8. The highest BCUT2D eigenvalue weighted by atomic mass is 32.2. The van der Waals surface area contributed by atoms with Crippen molar-refractivity contribution >= 4 is 23.4 Å². The van der Waals surface area contributed by atoms with Crippen LogP contribution in [0.15, 0.2) is 23.4 Å². The van der Waals surface area contributed by atoms with Crippen LogP contribution in [-0.2, 0) is 11.2 Å². The van der Waals surface area contributed by atoms with Crippen LogP contribution in [-0.4, -0.2) is 26.0 Å². The van der Waals surface area contributed by atoms with Gasteiger partial charge in [-0.3, -0.25) is 4.79 Å². The molecule has 152 valence electrons. The monoisotopic (exact) mass is 401 g/mol. The van der Waals surface area contributed by atoms with E-state index in [0.717, 1.165) is 41.4 Å². The third kappa shape index (κ3) is 5.07. The molecule has 1 aromatic heterocycles. The maximum Gasteiger partial charge on any atom is 0.237 e. The molecule has 1 aliphatic carbocycles. The minimum absolute atomic E-state index is 0.0610. The van der Waals surface area contributed by atoms with E-state index in [1.54, 1.807) is 4.68 Å². The SMILES string of the molecule is Cc1cccc(C)c1NC(=O)[C@@H](C)Sc1nnc(CCC2CCCCC2)n1N. The zero-order valence-electron chi connectivity index (χ0n) is 17.1. The van der Waals surface area contributed by atoms with Gasteiger partial charge in [0.2, 0.25) is 11.1 Å². The summed E-state index contributed by atoms with van der Waals surface area (Å²) in [5.74, 6) is 7.73. The number of nitrogens with one attached hydrogen (secondary N) is 1. The van der Waals surface area contributed by atoms with E-state index in [0.29, 0.717) is 5.16 Å². The number of carbonyl (C=O) groups is 1. The summed E-state index contributed by atoms with van der Waals surface area (Å²) in [6.45, 7) is 5.86. The number of para-hydroxylation sites is 1. The van der Waals surface area contributed by atoms with Crippen molar-refractivity contribution in [2.45, 2.75) is 76.1 Å². The van der Waals surface area contributed by atoms with E-state index in [-0.39, 0.29) is 11.2 Å². The third-order valence-corrected chi connectivity index (χ3v) is 6.67. The fourth-order valence-corrected chi connectivity index (χ4v) is 4.60. The van der Waals surface area contributed by atoms with Crippen LogP contribution in [0, 0.1) is 19.8 Å². The van der Waals surface area contributed by atoms with Gasteiger partial charge < -0.3 is 11.2 Å². The molecule has 1 saturated carbocycles. The van der Waals surface area contributed by atoms with Gasteiger partial charge in [-0.15, -0.1) is 10.2 Å². The van der Waals surface area contributed by atoms with Crippen molar-refractivity contribution in [2.75, 3.05) is 11.2 Å². The Morgan fingerprint density at radius 3 is 2.61 bits per heavy atom. The maximum atomic E-state index is 12.6. The number of benzene rings is 1. The number of nitrogen functional groups attached to an aromatic ring is 1. The molecule has 1 fully saturated rings. The largest absolute Gasteiger partial charge is 0.336 e. The summed E-state index contributed by atoms with van der Waals surface area (Å²) >= 11 is 1.34. The number of rotatable bonds is 7. The molecule has 0 aliphatic heterocycles. The standard InChI is InChI=1S/C21H31N5OS/c1-14-8-7-9-15(2)19(14)23-20(27)16(3)28-21-25-24-18(26(21)22)13-12-17-10-5-4-6-11-17/h7-9,16-17H,4-6,10-13,22H2,1-3H3,(H,23,27)/t16-/m1/s1. The van der Waals surface area contributed by atoms with Gasteiger partial charge in [-0.05, 0) is 44.2 Å². The van der Waals surface area contributed by atoms with E-state index >= 15 is 0 Å². The Morgan fingerprint density at radius 1 is 1.25 bits per heavy atom. The van der Waals surface area contributed by atoms with Crippen LogP contribution in [0.1, 0.15) is 62.4 Å². The molecule has 6 nitrogen and oxygen atoms in total. The Bertz CT molecular complexity index is 793. The van der Waals surface area contributed by atoms with Crippen molar-refractivity contribution < 1.29 is 4.79 Å². The first-order chi connectivity index (χ1) is 13.5. The van der Waals surface area contributed by atoms with Crippen molar-refractivity contribution in [2.24, 2.45) is 5.92 Å². The molecule has 0 unspecified atom stereocenters. The van der Waals surface area contributed by atoms with Gasteiger partial charge >= 0.3 is 0 Å². The molecule has 2 aromatic rings. The molecule has 1 atom stereocenters. The number of nitrogens with two attached hydrogens (primary N) is 1. The predicted molar refractivity (Wildman–Crippen MR) is 115 cm³/mol. The Labute approximate surface area is 171 Å². The Morgan fingerprint density at radius 2 is 1.93 bits per heavy atom. The Hall–Kier alpha value is -2.02. The van der Waals surface area contributed by atoms with Crippen LogP contribution in [0.4, 0.5) is 5.69 Å². The van der Waals surface area contributed by atoms with E-state index in [2.05, 4.69) is 15.5 Å². The summed E-state index contributed by atoms with van der Waals surface area (Å²) < 4.78 is 1.55. The molecule has 1 amide bonds. The van der Waals surface area contributed by atoms with Gasteiger partial charge in [0.25, 0.3) is 0 Å². The lowest BCUT2D eigenvalue weighted by Gasteiger charge is -2.20. The number of aryl methyl sites for hydroxylation is 3. The first kappa shape index (κ1) is 20.7. The average molecular weight is 402 g/mol. The molecule has 0 spiro atoms. The van der Waals surface area contributed by atoms with Gasteiger partial charge in [-0.1, -0.05) is 62.1 Å². The van der Waals surface area contributed by atoms with E-state index < -0.39 is 0 Å². The van der Waals surface area contributed by atoms with Gasteiger partial charge in [-0.2, -0.15) is 0 Å². The van der Waals surface area contributed by atoms with Crippen LogP contribution in [0.2, 0.25) is 0 Å². The predicted octanol–water partition coefficient (Wildman–Crippen LogP) is 4.24. The number of thioether (sulfide) groups is 1. The van der Waals surface area contributed by atoms with Crippen molar-refractivity contribution in [3.8, 4) is 0 Å². The van der Waals surface area contributed by atoms with Crippen LogP contribution < -0.4 is 11.2 Å². The summed E-state index contributed by atoms with van der Waals surface area (Å²) in [5.41, 5.74) is 2.98. The first-order valence-corrected chi connectivity index (χ1v) is 11.1. The number of hydrogen-bond donors (Lipinski definition) is 2. The van der Waals surface area contributed by atoms with Crippen molar-refractivity contribution in [1.82, 2.24) is 14.9 Å². The highest BCUT2D eigenvalue weighted by Crippen LogP contribution is 2.28. The lowest BCUT2D eigenvalue weighted by Crippen LogP contribution is -2.24. The smallest absolute Gasteiger partial charge is 0.237 e. The topological polar surface area (TPSA) is 85.8 Å². The van der Waals surface area contributed by atoms with E-state index in [1.807, 2.05) is 39.0 Å². The molecule has 1 aliphatic rings. The lowest BCUT2D eigenvalue weighted by molar-refractivity contribution is -0.115. The third-order valence-electron chi connectivity index (χ3n) is 5.62. The van der Waals surface area contributed by atoms with E-state index in [9.17, 15) is 4.79 Å². The van der Waals surface area contributed by atoms with Crippen LogP contribution in [0.5, 0.6) is 0 Å². The van der Waals surface area contributed by atoms with Crippen LogP contribution >= 0.6 is 11.8 Å². The van der Waals surface area contributed by atoms with Crippen LogP contribution in [0.3, 0.4) is 0 Å². The van der Waals surface area contributed by atoms with E-state index in [4.69, 9.17) is 5.84 Å². The zero-order valence-corrected chi connectivity index (χ0v) is 17.9. The molecule has 3 N–H and O–H groups in total. The fraction of sp³-hybridized carbons (Fsp3) is 0.571. The molecular weight excluding hydrogens is 370 g/mol. The highest BCUT2D eigenvalue weighted by molar-refractivity contribution is 8.00. The molecule has 3 rings (SSSR count). The Balaban J connectivity index is 1.57. The lowest BCUT2D eigenvalue weighted by atomic mass is 9.86.